The van der Waals surface area contributed by atoms with Crippen molar-refractivity contribution in [1.82, 2.24) is 5.32 Å². The van der Waals surface area contributed by atoms with Crippen molar-refractivity contribution in [3.8, 4) is 5.75 Å². The van der Waals surface area contributed by atoms with Gasteiger partial charge < -0.3 is 10.1 Å². The highest BCUT2D eigenvalue weighted by atomic mass is 32.1. The summed E-state index contributed by atoms with van der Waals surface area (Å²) in [4.78, 5) is 0.920. The number of para-hydroxylation sites is 1. The topological polar surface area (TPSA) is 21.3 Å². The Morgan fingerprint density at radius 1 is 1.47 bits per heavy atom. The van der Waals surface area contributed by atoms with E-state index >= 15 is 0 Å². The number of thiocarbonyl (C=S) groups is 1. The van der Waals surface area contributed by atoms with Crippen molar-refractivity contribution in [2.75, 3.05) is 0 Å². The van der Waals surface area contributed by atoms with E-state index in [1.54, 1.807) is 0 Å². The Bertz CT molecular complexity index is 431. The second kappa shape index (κ2) is 2.95. The highest BCUT2D eigenvalue weighted by molar-refractivity contribution is 7.80. The molecule has 2 aliphatic heterocycles. The van der Waals surface area contributed by atoms with Gasteiger partial charge in [-0.2, -0.15) is 0 Å². The molecule has 0 unspecified atom stereocenters. The maximum Gasteiger partial charge on any atom is 0.178 e. The fraction of sp³-hybridized carbons (Fsp3) is 0.417. The molecule has 3 rings (SSSR count). The van der Waals surface area contributed by atoms with Gasteiger partial charge in [-0.15, -0.1) is 0 Å². The van der Waals surface area contributed by atoms with Crippen molar-refractivity contribution < 1.29 is 4.74 Å². The fourth-order valence-electron chi connectivity index (χ4n) is 2.60. The van der Waals surface area contributed by atoms with E-state index < -0.39 is 0 Å². The predicted molar refractivity (Wildman–Crippen MR) is 63.2 cm³/mol. The first kappa shape index (κ1) is 9.16. The molecule has 15 heavy (non-hydrogen) atoms. The van der Waals surface area contributed by atoms with Crippen molar-refractivity contribution in [2.45, 2.75) is 31.4 Å². The number of piperidine rings is 1. The average Bonchev–Trinajstić information content (AvgIpc) is 2.15. The first-order valence-electron chi connectivity index (χ1n) is 5.25. The van der Waals surface area contributed by atoms with Crippen molar-refractivity contribution in [3.63, 3.8) is 0 Å². The molecule has 2 aliphatic rings. The second-order valence-corrected chi connectivity index (χ2v) is 5.02. The lowest BCUT2D eigenvalue weighted by Crippen LogP contribution is -2.56. The van der Waals surface area contributed by atoms with E-state index in [1.807, 2.05) is 12.1 Å². The van der Waals surface area contributed by atoms with Gasteiger partial charge >= 0.3 is 0 Å². The minimum absolute atomic E-state index is 0.297. The van der Waals surface area contributed by atoms with Gasteiger partial charge in [0.15, 0.2) is 5.72 Å². The van der Waals surface area contributed by atoms with Crippen molar-refractivity contribution in [3.05, 3.63) is 29.8 Å². The first-order valence-corrected chi connectivity index (χ1v) is 5.66. The van der Waals surface area contributed by atoms with Crippen LogP contribution in [0.3, 0.4) is 0 Å². The van der Waals surface area contributed by atoms with Gasteiger partial charge in [-0.05, 0) is 24.5 Å². The van der Waals surface area contributed by atoms with Gasteiger partial charge in [-0.25, -0.2) is 0 Å². The van der Waals surface area contributed by atoms with E-state index in [2.05, 4.69) is 24.4 Å². The fourth-order valence-corrected chi connectivity index (χ4v) is 3.02. The molecule has 2 atom stereocenters. The normalized spacial score (nSPS) is 32.6. The molecular formula is C12H13NOS. The molecule has 78 valence electrons. The smallest absolute Gasteiger partial charge is 0.178 e. The molecule has 0 spiro atoms. The number of rotatable bonds is 0. The van der Waals surface area contributed by atoms with Crippen LogP contribution in [0.2, 0.25) is 0 Å². The van der Waals surface area contributed by atoms with Gasteiger partial charge in [0.05, 0.1) is 4.99 Å². The van der Waals surface area contributed by atoms with Gasteiger partial charge in [0.25, 0.3) is 0 Å². The van der Waals surface area contributed by atoms with E-state index in [-0.39, 0.29) is 5.72 Å². The van der Waals surface area contributed by atoms with Gasteiger partial charge in [0.1, 0.15) is 5.75 Å². The van der Waals surface area contributed by atoms with Gasteiger partial charge in [0.2, 0.25) is 0 Å². The number of benzene rings is 1. The molecule has 2 bridgehead atoms. The van der Waals surface area contributed by atoms with E-state index in [0.29, 0.717) is 5.92 Å². The third-order valence-corrected chi connectivity index (χ3v) is 3.43. The minimum Gasteiger partial charge on any atom is -0.468 e. The summed E-state index contributed by atoms with van der Waals surface area (Å²) in [5.41, 5.74) is 1.01. The van der Waals surface area contributed by atoms with Crippen LogP contribution in [0.15, 0.2) is 24.3 Å². The lowest BCUT2D eigenvalue weighted by molar-refractivity contribution is 0.0304. The molecular weight excluding hydrogens is 206 g/mol. The zero-order valence-corrected chi connectivity index (χ0v) is 9.43. The summed E-state index contributed by atoms with van der Waals surface area (Å²) < 4.78 is 5.96. The molecule has 0 aromatic heterocycles. The Morgan fingerprint density at radius 2 is 2.27 bits per heavy atom. The number of hydrogen-bond acceptors (Lipinski definition) is 2. The van der Waals surface area contributed by atoms with Crippen molar-refractivity contribution in [1.29, 1.82) is 0 Å². The molecule has 0 saturated carbocycles. The summed E-state index contributed by atoms with van der Waals surface area (Å²) >= 11 is 5.27. The zero-order valence-electron chi connectivity index (χ0n) is 8.62. The van der Waals surface area contributed by atoms with Gasteiger partial charge in [-0.1, -0.05) is 30.4 Å². The summed E-state index contributed by atoms with van der Waals surface area (Å²) in [5.74, 6) is 1.53. The SMILES string of the molecule is C[C@]12C[C@@H](CC(=S)N1)c1ccccc1O2. The molecule has 0 amide bonds. The molecule has 2 heterocycles. The quantitative estimate of drug-likeness (QED) is 0.678. The van der Waals surface area contributed by atoms with Crippen LogP contribution in [0.4, 0.5) is 0 Å². The van der Waals surface area contributed by atoms with E-state index in [9.17, 15) is 0 Å². The lowest BCUT2D eigenvalue weighted by Gasteiger charge is -2.45. The zero-order chi connectivity index (χ0) is 10.5. The molecule has 0 radical (unpaired) electrons. The monoisotopic (exact) mass is 219 g/mol. The van der Waals surface area contributed by atoms with Crippen LogP contribution < -0.4 is 10.1 Å². The Labute approximate surface area is 94.6 Å². The van der Waals surface area contributed by atoms with Crippen molar-refractivity contribution >= 4 is 17.2 Å². The summed E-state index contributed by atoms with van der Waals surface area (Å²) in [6.45, 7) is 2.07. The molecule has 2 nitrogen and oxygen atoms in total. The Hall–Kier alpha value is -1.09. The summed E-state index contributed by atoms with van der Waals surface area (Å²) in [6, 6.07) is 8.26. The second-order valence-electron chi connectivity index (χ2n) is 4.52. The van der Waals surface area contributed by atoms with Crippen LogP contribution in [0.5, 0.6) is 5.75 Å². The Kier molecular flexibility index (Phi) is 1.80. The standard InChI is InChI=1S/C12H13NOS/c1-12-7-8(6-11(15)13-12)9-4-2-3-5-10(9)14-12/h2-5,8H,6-7H2,1H3,(H,13,15)/t8-,12+/m1/s1. The minimum atomic E-state index is -0.297. The molecule has 1 saturated heterocycles. The third-order valence-electron chi connectivity index (χ3n) is 3.17. The van der Waals surface area contributed by atoms with Crippen LogP contribution in [-0.4, -0.2) is 10.7 Å². The lowest BCUT2D eigenvalue weighted by atomic mass is 9.82. The van der Waals surface area contributed by atoms with Crippen molar-refractivity contribution in [2.24, 2.45) is 0 Å². The predicted octanol–water partition coefficient (Wildman–Crippen LogP) is 2.59. The summed E-state index contributed by atoms with van der Waals surface area (Å²) in [7, 11) is 0. The molecule has 1 aromatic rings. The summed E-state index contributed by atoms with van der Waals surface area (Å²) in [5, 5.41) is 3.27. The maximum atomic E-state index is 5.96. The number of ether oxygens (including phenoxy) is 1. The van der Waals surface area contributed by atoms with E-state index in [4.69, 9.17) is 17.0 Å². The Balaban J connectivity index is 2.10. The van der Waals surface area contributed by atoms with Crippen LogP contribution in [-0.2, 0) is 0 Å². The molecule has 3 heteroatoms. The molecule has 0 aliphatic carbocycles. The van der Waals surface area contributed by atoms with Crippen LogP contribution in [0.1, 0.15) is 31.2 Å². The van der Waals surface area contributed by atoms with Gasteiger partial charge in [-0.3, -0.25) is 0 Å². The van der Waals surface area contributed by atoms with Crippen LogP contribution in [0, 0.1) is 0 Å². The maximum absolute atomic E-state index is 5.96. The first-order chi connectivity index (χ1) is 7.16. The largest absolute Gasteiger partial charge is 0.468 e. The average molecular weight is 219 g/mol. The molecule has 1 N–H and O–H groups in total. The highest BCUT2D eigenvalue weighted by Gasteiger charge is 2.41. The molecule has 1 aromatic carbocycles. The van der Waals surface area contributed by atoms with Crippen LogP contribution in [0.25, 0.3) is 0 Å². The van der Waals surface area contributed by atoms with E-state index in [1.165, 1.54) is 5.56 Å². The summed E-state index contributed by atoms with van der Waals surface area (Å²) in [6.07, 6.45) is 1.95. The highest BCUT2D eigenvalue weighted by Crippen LogP contribution is 2.43. The number of fused-ring (bicyclic) bond motifs is 4. The van der Waals surface area contributed by atoms with Crippen LogP contribution >= 0.6 is 12.2 Å². The number of nitrogens with one attached hydrogen (secondary N) is 1. The Morgan fingerprint density at radius 3 is 3.13 bits per heavy atom. The van der Waals surface area contributed by atoms with E-state index in [0.717, 1.165) is 23.6 Å². The number of hydrogen-bond donors (Lipinski definition) is 1. The molecule has 1 fully saturated rings. The van der Waals surface area contributed by atoms with Gasteiger partial charge in [0, 0.05) is 12.8 Å². The third kappa shape index (κ3) is 1.42.